The smallest absolute Gasteiger partial charge is 0.325 e. The molecular weight excluding hydrogens is 252 g/mol. The molecule has 2 rings (SSSR count). The summed E-state index contributed by atoms with van der Waals surface area (Å²) in [7, 11) is 0. The Balaban J connectivity index is 2.11. The van der Waals surface area contributed by atoms with Gasteiger partial charge in [-0.15, -0.1) is 0 Å². The van der Waals surface area contributed by atoms with E-state index in [0.717, 1.165) is 25.2 Å². The van der Waals surface area contributed by atoms with Crippen LogP contribution in [0.1, 0.15) is 30.0 Å². The molecule has 1 aromatic rings. The van der Waals surface area contributed by atoms with E-state index in [-0.39, 0.29) is 0 Å². The summed E-state index contributed by atoms with van der Waals surface area (Å²) in [6.45, 7) is 3.03. The molecular formula is C13H17ClN2O2. The lowest BCUT2D eigenvalue weighted by atomic mass is 10.1. The fraction of sp³-hybridized carbons (Fsp3) is 0.462. The van der Waals surface area contributed by atoms with Crippen molar-refractivity contribution >= 4 is 17.6 Å². The van der Waals surface area contributed by atoms with Crippen LogP contribution in [0.4, 0.5) is 0 Å². The first-order valence-electron chi connectivity index (χ1n) is 6.07. The standard InChI is InChI=1S/C13H17ClN2O2/c14-11-7-9(12(15)13(17)18)3-4-10(11)8-16-5-1-2-6-16/h3-4,7,12H,1-2,5-6,8,15H2,(H,17,18). The predicted octanol–water partition coefficient (Wildman–Crippen LogP) is 2.02. The monoisotopic (exact) mass is 268 g/mol. The molecule has 5 heteroatoms. The summed E-state index contributed by atoms with van der Waals surface area (Å²) in [6.07, 6.45) is 2.47. The Kier molecular flexibility index (Phi) is 4.22. The minimum absolute atomic E-state index is 0.540. The molecule has 0 aromatic heterocycles. The normalized spacial score (nSPS) is 17.9. The average molecular weight is 269 g/mol. The molecule has 1 fully saturated rings. The molecule has 0 saturated carbocycles. The van der Waals surface area contributed by atoms with Crippen LogP contribution in [-0.4, -0.2) is 29.1 Å². The van der Waals surface area contributed by atoms with Gasteiger partial charge in [-0.2, -0.15) is 0 Å². The first-order chi connectivity index (χ1) is 8.58. The maximum Gasteiger partial charge on any atom is 0.325 e. The van der Waals surface area contributed by atoms with Crippen molar-refractivity contribution in [3.63, 3.8) is 0 Å². The lowest BCUT2D eigenvalue weighted by Crippen LogP contribution is -2.21. The van der Waals surface area contributed by atoms with Crippen molar-refractivity contribution in [2.75, 3.05) is 13.1 Å². The second-order valence-electron chi connectivity index (χ2n) is 4.65. The third-order valence-electron chi connectivity index (χ3n) is 3.29. The van der Waals surface area contributed by atoms with Crippen LogP contribution in [0, 0.1) is 0 Å². The minimum Gasteiger partial charge on any atom is -0.480 e. The van der Waals surface area contributed by atoms with Gasteiger partial charge in [-0.05, 0) is 43.1 Å². The van der Waals surface area contributed by atoms with Crippen LogP contribution in [0.15, 0.2) is 18.2 Å². The number of nitrogens with two attached hydrogens (primary N) is 1. The molecule has 1 atom stereocenters. The van der Waals surface area contributed by atoms with Gasteiger partial charge in [-0.3, -0.25) is 9.69 Å². The number of carboxylic acid groups (broad SMARTS) is 1. The Labute approximate surface area is 111 Å². The molecule has 1 heterocycles. The molecule has 0 amide bonds. The number of likely N-dealkylation sites (tertiary alicyclic amines) is 1. The summed E-state index contributed by atoms with van der Waals surface area (Å²) >= 11 is 6.18. The van der Waals surface area contributed by atoms with Crippen LogP contribution in [0.2, 0.25) is 5.02 Å². The number of carboxylic acids is 1. The molecule has 4 nitrogen and oxygen atoms in total. The van der Waals surface area contributed by atoms with Crippen LogP contribution >= 0.6 is 11.6 Å². The summed E-state index contributed by atoms with van der Waals surface area (Å²) in [5, 5.41) is 9.44. The topological polar surface area (TPSA) is 66.6 Å². The van der Waals surface area contributed by atoms with Gasteiger partial charge < -0.3 is 10.8 Å². The number of halogens is 1. The highest BCUT2D eigenvalue weighted by atomic mass is 35.5. The lowest BCUT2D eigenvalue weighted by Gasteiger charge is -2.16. The number of benzene rings is 1. The van der Waals surface area contributed by atoms with Gasteiger partial charge in [0.25, 0.3) is 0 Å². The van der Waals surface area contributed by atoms with Crippen LogP contribution in [0.25, 0.3) is 0 Å². The zero-order valence-electron chi connectivity index (χ0n) is 10.1. The highest BCUT2D eigenvalue weighted by molar-refractivity contribution is 6.31. The molecule has 0 aliphatic carbocycles. The van der Waals surface area contributed by atoms with Crippen LogP contribution in [-0.2, 0) is 11.3 Å². The molecule has 1 saturated heterocycles. The Hall–Kier alpha value is -1.10. The number of aliphatic carboxylic acids is 1. The summed E-state index contributed by atoms with van der Waals surface area (Å²) in [6, 6.07) is 4.27. The first kappa shape index (κ1) is 13.3. The molecule has 1 aliphatic heterocycles. The van der Waals surface area contributed by atoms with Gasteiger partial charge in [0, 0.05) is 11.6 Å². The molecule has 3 N–H and O–H groups in total. The summed E-state index contributed by atoms with van der Waals surface area (Å²) in [5.74, 6) is -1.04. The highest BCUT2D eigenvalue weighted by Gasteiger charge is 2.17. The maximum absolute atomic E-state index is 10.8. The van der Waals surface area contributed by atoms with E-state index in [4.69, 9.17) is 22.4 Å². The number of carbonyl (C=O) groups is 1. The van der Waals surface area contributed by atoms with Gasteiger partial charge >= 0.3 is 5.97 Å². The molecule has 0 spiro atoms. The maximum atomic E-state index is 10.8. The van der Waals surface area contributed by atoms with Gasteiger partial charge in [-0.1, -0.05) is 23.7 Å². The molecule has 18 heavy (non-hydrogen) atoms. The second kappa shape index (κ2) is 5.69. The van der Waals surface area contributed by atoms with Crippen molar-refractivity contribution in [2.45, 2.75) is 25.4 Å². The Morgan fingerprint density at radius 2 is 2.11 bits per heavy atom. The van der Waals surface area contributed by atoms with E-state index in [1.54, 1.807) is 12.1 Å². The predicted molar refractivity (Wildman–Crippen MR) is 70.5 cm³/mol. The van der Waals surface area contributed by atoms with E-state index in [0.29, 0.717) is 10.6 Å². The third kappa shape index (κ3) is 3.02. The largest absolute Gasteiger partial charge is 0.480 e. The quantitative estimate of drug-likeness (QED) is 0.877. The van der Waals surface area contributed by atoms with Crippen molar-refractivity contribution in [1.29, 1.82) is 0 Å². The van der Waals surface area contributed by atoms with Gasteiger partial charge in [0.2, 0.25) is 0 Å². The second-order valence-corrected chi connectivity index (χ2v) is 5.06. The Morgan fingerprint density at radius 1 is 1.44 bits per heavy atom. The molecule has 1 aromatic carbocycles. The molecule has 1 unspecified atom stereocenters. The SMILES string of the molecule is NC(C(=O)O)c1ccc(CN2CCCC2)c(Cl)c1. The van der Waals surface area contributed by atoms with Gasteiger partial charge in [0.1, 0.15) is 6.04 Å². The van der Waals surface area contributed by atoms with E-state index >= 15 is 0 Å². The number of nitrogens with zero attached hydrogens (tertiary/aromatic N) is 1. The van der Waals surface area contributed by atoms with Crippen molar-refractivity contribution in [2.24, 2.45) is 5.73 Å². The van der Waals surface area contributed by atoms with E-state index in [1.165, 1.54) is 12.8 Å². The number of hydrogen-bond donors (Lipinski definition) is 2. The zero-order chi connectivity index (χ0) is 13.1. The van der Waals surface area contributed by atoms with E-state index < -0.39 is 12.0 Å². The molecule has 1 aliphatic rings. The Bertz CT molecular complexity index is 445. The van der Waals surface area contributed by atoms with Crippen molar-refractivity contribution in [1.82, 2.24) is 4.90 Å². The van der Waals surface area contributed by atoms with Crippen molar-refractivity contribution in [3.05, 3.63) is 34.3 Å². The minimum atomic E-state index is -1.04. The van der Waals surface area contributed by atoms with Crippen molar-refractivity contribution in [3.8, 4) is 0 Å². The number of hydrogen-bond acceptors (Lipinski definition) is 3. The van der Waals surface area contributed by atoms with Gasteiger partial charge in [0.15, 0.2) is 0 Å². The van der Waals surface area contributed by atoms with Crippen LogP contribution < -0.4 is 5.73 Å². The zero-order valence-corrected chi connectivity index (χ0v) is 10.9. The van der Waals surface area contributed by atoms with E-state index in [2.05, 4.69) is 4.90 Å². The van der Waals surface area contributed by atoms with E-state index in [9.17, 15) is 4.79 Å². The third-order valence-corrected chi connectivity index (χ3v) is 3.65. The van der Waals surface area contributed by atoms with Crippen molar-refractivity contribution < 1.29 is 9.90 Å². The van der Waals surface area contributed by atoms with Crippen LogP contribution in [0.3, 0.4) is 0 Å². The van der Waals surface area contributed by atoms with E-state index in [1.807, 2.05) is 6.07 Å². The summed E-state index contributed by atoms with van der Waals surface area (Å²) in [5.41, 5.74) is 7.12. The summed E-state index contributed by atoms with van der Waals surface area (Å²) < 4.78 is 0. The molecule has 0 bridgehead atoms. The Morgan fingerprint density at radius 3 is 2.67 bits per heavy atom. The fourth-order valence-electron chi connectivity index (χ4n) is 2.21. The summed E-state index contributed by atoms with van der Waals surface area (Å²) in [4.78, 5) is 13.1. The van der Waals surface area contributed by atoms with Gasteiger partial charge in [0.05, 0.1) is 0 Å². The van der Waals surface area contributed by atoms with Gasteiger partial charge in [-0.25, -0.2) is 0 Å². The van der Waals surface area contributed by atoms with Crippen LogP contribution in [0.5, 0.6) is 0 Å². The molecule has 98 valence electrons. The number of rotatable bonds is 4. The lowest BCUT2D eigenvalue weighted by molar-refractivity contribution is -0.138. The average Bonchev–Trinajstić information content (AvgIpc) is 2.83. The highest BCUT2D eigenvalue weighted by Crippen LogP contribution is 2.23. The first-order valence-corrected chi connectivity index (χ1v) is 6.45. The molecule has 0 radical (unpaired) electrons. The fourth-order valence-corrected chi connectivity index (χ4v) is 2.46.